The molecule has 0 spiro atoms. The summed E-state index contributed by atoms with van der Waals surface area (Å²) in [7, 11) is 0. The summed E-state index contributed by atoms with van der Waals surface area (Å²) in [6, 6.07) is 3.81. The summed E-state index contributed by atoms with van der Waals surface area (Å²) < 4.78 is 1.06. The smallest absolute Gasteiger partial charge is 0.175 e. The minimum absolute atomic E-state index is 0.644. The van der Waals surface area contributed by atoms with Crippen LogP contribution in [0.3, 0.4) is 0 Å². The summed E-state index contributed by atoms with van der Waals surface area (Å²) >= 11 is 0. The highest BCUT2D eigenvalue weighted by atomic mass is 16.5. The van der Waals surface area contributed by atoms with Gasteiger partial charge in [0.1, 0.15) is 0 Å². The lowest BCUT2D eigenvalue weighted by molar-refractivity contribution is 0.187. The minimum atomic E-state index is 0.644. The number of hydrogen-bond donors (Lipinski definition) is 1. The molecule has 0 aromatic carbocycles. The molecule has 3 heteroatoms. The van der Waals surface area contributed by atoms with Gasteiger partial charge in [-0.1, -0.05) is 13.3 Å². The predicted molar refractivity (Wildman–Crippen MR) is 50.0 cm³/mol. The van der Waals surface area contributed by atoms with Crippen LogP contribution in [0.5, 0.6) is 0 Å². The zero-order valence-electron chi connectivity index (χ0n) is 7.57. The van der Waals surface area contributed by atoms with Crippen LogP contribution in [0.4, 0.5) is 0 Å². The van der Waals surface area contributed by atoms with E-state index in [-0.39, 0.29) is 0 Å². The van der Waals surface area contributed by atoms with Crippen LogP contribution in [0, 0.1) is 0 Å². The van der Waals surface area contributed by atoms with Crippen molar-refractivity contribution in [2.75, 3.05) is 0 Å². The molecule has 0 unspecified atom stereocenters. The van der Waals surface area contributed by atoms with Gasteiger partial charge in [-0.3, -0.25) is 0 Å². The highest BCUT2D eigenvalue weighted by Gasteiger charge is 2.12. The average Bonchev–Trinajstić information content (AvgIpc) is 2.51. The topological polar surface area (TPSA) is 38.0 Å². The molecule has 2 aliphatic rings. The van der Waals surface area contributed by atoms with Crippen molar-refractivity contribution in [1.29, 1.82) is 0 Å². The van der Waals surface area contributed by atoms with E-state index in [0.29, 0.717) is 5.82 Å². The number of fused-ring (bicyclic) bond motifs is 1. The summed E-state index contributed by atoms with van der Waals surface area (Å²) in [5.41, 5.74) is 2.26. The first kappa shape index (κ1) is 8.10. The highest BCUT2D eigenvalue weighted by Crippen LogP contribution is 2.24. The lowest BCUT2D eigenvalue weighted by atomic mass is 10.1. The molecule has 13 heavy (non-hydrogen) atoms. The van der Waals surface area contributed by atoms with Gasteiger partial charge in [0.05, 0.1) is 0 Å². The fourth-order valence-corrected chi connectivity index (χ4v) is 1.55. The van der Waals surface area contributed by atoms with E-state index < -0.39 is 0 Å². The fraction of sp³-hybridized carbons (Fsp3) is 0.300. The molecule has 1 N–H and O–H groups in total. The zero-order valence-corrected chi connectivity index (χ0v) is 7.57. The number of nitrogens with zero attached hydrogens (tertiary/aromatic N) is 2. The van der Waals surface area contributed by atoms with Gasteiger partial charge in [0.25, 0.3) is 0 Å². The Kier molecular flexibility index (Phi) is 1.93. The molecule has 0 amide bonds. The first-order valence-corrected chi connectivity index (χ1v) is 4.47. The van der Waals surface area contributed by atoms with Gasteiger partial charge in [0.2, 0.25) is 0 Å². The fourth-order valence-electron chi connectivity index (χ4n) is 1.55. The summed E-state index contributed by atoms with van der Waals surface area (Å²) in [5, 5.41) is 9.41. The van der Waals surface area contributed by atoms with Gasteiger partial charge in [0, 0.05) is 18.0 Å². The quantitative estimate of drug-likeness (QED) is 0.712. The molecule has 0 aromatic rings. The Morgan fingerprint density at radius 3 is 3.15 bits per heavy atom. The Morgan fingerprint density at radius 2 is 2.38 bits per heavy atom. The van der Waals surface area contributed by atoms with Crippen molar-refractivity contribution in [2.24, 2.45) is 0 Å². The van der Waals surface area contributed by atoms with Crippen molar-refractivity contribution in [3.8, 4) is 11.4 Å². The standard InChI is InChI=1S/C10H12N2O/c1-2-4-8-7-11-10-9(8)5-3-6-12(10)13/h3,5-7,13H,2,4H2,1H3. The molecular formula is C10H12N2O. The molecule has 0 bridgehead atoms. The number of aromatic nitrogens is 2. The van der Waals surface area contributed by atoms with Crippen LogP contribution in [0.15, 0.2) is 24.5 Å². The van der Waals surface area contributed by atoms with E-state index in [1.54, 1.807) is 6.20 Å². The van der Waals surface area contributed by atoms with Crippen LogP contribution in [-0.2, 0) is 6.42 Å². The third kappa shape index (κ3) is 1.26. The number of hydrogen-bond acceptors (Lipinski definition) is 2. The molecule has 0 fully saturated rings. The summed E-state index contributed by atoms with van der Waals surface area (Å²) in [6.45, 7) is 2.13. The van der Waals surface area contributed by atoms with Gasteiger partial charge in [0.15, 0.2) is 5.82 Å². The largest absolute Gasteiger partial charge is 0.427 e. The Balaban J connectivity index is 2.51. The second-order valence-electron chi connectivity index (χ2n) is 3.12. The normalized spacial score (nSPS) is 10.8. The number of pyridine rings is 1. The van der Waals surface area contributed by atoms with Crippen molar-refractivity contribution < 1.29 is 5.21 Å². The summed E-state index contributed by atoms with van der Waals surface area (Å²) in [6.07, 6.45) is 5.54. The van der Waals surface area contributed by atoms with Gasteiger partial charge in [-0.2, -0.15) is 4.73 Å². The Morgan fingerprint density at radius 1 is 1.54 bits per heavy atom. The molecular weight excluding hydrogens is 164 g/mol. The van der Waals surface area contributed by atoms with Crippen molar-refractivity contribution in [3.63, 3.8) is 0 Å². The maximum absolute atomic E-state index is 9.41. The Labute approximate surface area is 76.9 Å². The SMILES string of the molecule is CCCc1cnc2n(O)cccc1-2. The molecule has 0 aliphatic carbocycles. The molecule has 0 atom stereocenters. The minimum Gasteiger partial charge on any atom is -0.427 e. The maximum Gasteiger partial charge on any atom is 0.175 e. The number of rotatable bonds is 2. The third-order valence-electron chi connectivity index (χ3n) is 2.16. The van der Waals surface area contributed by atoms with Crippen molar-refractivity contribution in [1.82, 2.24) is 9.71 Å². The van der Waals surface area contributed by atoms with E-state index in [9.17, 15) is 5.21 Å². The molecule has 2 rings (SSSR count). The van der Waals surface area contributed by atoms with Gasteiger partial charge in [-0.25, -0.2) is 4.98 Å². The van der Waals surface area contributed by atoms with Crippen LogP contribution in [0.2, 0.25) is 0 Å². The van der Waals surface area contributed by atoms with E-state index in [1.807, 2.05) is 18.3 Å². The number of aryl methyl sites for hydroxylation is 1. The summed E-state index contributed by atoms with van der Waals surface area (Å²) in [5.74, 6) is 0.644. The first-order valence-electron chi connectivity index (χ1n) is 4.47. The monoisotopic (exact) mass is 176 g/mol. The molecule has 2 heterocycles. The average molecular weight is 176 g/mol. The third-order valence-corrected chi connectivity index (χ3v) is 2.16. The van der Waals surface area contributed by atoms with Crippen molar-refractivity contribution >= 4 is 0 Å². The van der Waals surface area contributed by atoms with Crippen LogP contribution >= 0.6 is 0 Å². The van der Waals surface area contributed by atoms with E-state index in [2.05, 4.69) is 11.9 Å². The molecule has 0 saturated carbocycles. The Bertz CT molecular complexity index is 381. The van der Waals surface area contributed by atoms with Gasteiger partial charge in [-0.15, -0.1) is 0 Å². The zero-order chi connectivity index (χ0) is 9.26. The molecule has 68 valence electrons. The molecule has 0 aromatic heterocycles. The highest BCUT2D eigenvalue weighted by molar-refractivity contribution is 5.62. The maximum atomic E-state index is 9.41. The van der Waals surface area contributed by atoms with E-state index in [4.69, 9.17) is 0 Å². The van der Waals surface area contributed by atoms with Gasteiger partial charge < -0.3 is 5.21 Å². The second kappa shape index (κ2) is 3.09. The lowest BCUT2D eigenvalue weighted by Crippen LogP contribution is -1.97. The van der Waals surface area contributed by atoms with Gasteiger partial charge >= 0.3 is 0 Å². The Hall–Kier alpha value is -1.51. The van der Waals surface area contributed by atoms with E-state index >= 15 is 0 Å². The first-order chi connectivity index (χ1) is 6.33. The van der Waals surface area contributed by atoms with E-state index in [1.165, 1.54) is 5.56 Å². The second-order valence-corrected chi connectivity index (χ2v) is 3.12. The van der Waals surface area contributed by atoms with Crippen molar-refractivity contribution in [3.05, 3.63) is 30.1 Å². The van der Waals surface area contributed by atoms with Crippen molar-refractivity contribution in [2.45, 2.75) is 19.8 Å². The molecule has 3 nitrogen and oxygen atoms in total. The van der Waals surface area contributed by atoms with Crippen LogP contribution in [0.1, 0.15) is 18.9 Å². The van der Waals surface area contributed by atoms with Gasteiger partial charge in [-0.05, 0) is 24.1 Å². The van der Waals surface area contributed by atoms with E-state index in [0.717, 1.165) is 23.1 Å². The molecule has 0 saturated heterocycles. The van der Waals surface area contributed by atoms with Crippen LogP contribution < -0.4 is 0 Å². The molecule has 2 aliphatic heterocycles. The predicted octanol–water partition coefficient (Wildman–Crippen LogP) is 2.18. The van der Waals surface area contributed by atoms with Crippen LogP contribution in [-0.4, -0.2) is 14.9 Å². The lowest BCUT2D eigenvalue weighted by Gasteiger charge is -2.04. The summed E-state index contributed by atoms with van der Waals surface area (Å²) in [4.78, 5) is 4.15. The molecule has 0 radical (unpaired) electrons. The van der Waals surface area contributed by atoms with Crippen LogP contribution in [0.25, 0.3) is 11.4 Å².